The van der Waals surface area contributed by atoms with E-state index in [1.807, 2.05) is 31.3 Å². The molecule has 1 aliphatic rings. The highest BCUT2D eigenvalue weighted by atomic mass is 19.4. The van der Waals surface area contributed by atoms with Gasteiger partial charge in [0, 0.05) is 17.9 Å². The number of nitrogens with one attached hydrogen (secondary N) is 1. The molecule has 6 heteroatoms. The number of benzene rings is 3. The predicted octanol–water partition coefficient (Wildman–Crippen LogP) is 6.20. The second-order valence-electron chi connectivity index (χ2n) is 8.23. The van der Waals surface area contributed by atoms with E-state index in [2.05, 4.69) is 41.1 Å². The van der Waals surface area contributed by atoms with Gasteiger partial charge >= 0.3 is 6.18 Å². The SMILES string of the molecule is C=CC=O.CNCC1Cc2c(Cc3ccccc3)cccc2N(c2ccc(C(F)(F)F)cc2)C1. The lowest BCUT2D eigenvalue weighted by Crippen LogP contribution is -2.37. The number of alkyl halides is 3. The molecular weight excluding hydrogens is 437 g/mol. The van der Waals surface area contributed by atoms with Crippen molar-refractivity contribution < 1.29 is 18.0 Å². The highest BCUT2D eigenvalue weighted by molar-refractivity contribution is 5.70. The number of allylic oxidation sites excluding steroid dienone is 1. The number of nitrogens with zero attached hydrogens (tertiary/aromatic N) is 1. The van der Waals surface area contributed by atoms with Crippen molar-refractivity contribution in [2.24, 2.45) is 5.92 Å². The summed E-state index contributed by atoms with van der Waals surface area (Å²) in [6.45, 7) is 4.74. The Hall–Kier alpha value is -3.38. The molecule has 1 aliphatic heterocycles. The molecule has 0 amide bonds. The van der Waals surface area contributed by atoms with Crippen LogP contribution in [0.2, 0.25) is 0 Å². The Morgan fingerprint density at radius 3 is 2.29 bits per heavy atom. The zero-order valence-corrected chi connectivity index (χ0v) is 19.2. The molecule has 3 aromatic rings. The highest BCUT2D eigenvalue weighted by Crippen LogP contribution is 2.39. The summed E-state index contributed by atoms with van der Waals surface area (Å²) < 4.78 is 39.0. The van der Waals surface area contributed by atoms with Gasteiger partial charge in [0.1, 0.15) is 6.29 Å². The Morgan fingerprint density at radius 2 is 1.71 bits per heavy atom. The van der Waals surface area contributed by atoms with Crippen molar-refractivity contribution in [2.75, 3.05) is 25.0 Å². The van der Waals surface area contributed by atoms with E-state index in [1.165, 1.54) is 34.9 Å². The topological polar surface area (TPSA) is 32.3 Å². The number of fused-ring (bicyclic) bond motifs is 1. The minimum absolute atomic E-state index is 0.377. The summed E-state index contributed by atoms with van der Waals surface area (Å²) in [6, 6.07) is 22.2. The van der Waals surface area contributed by atoms with Crippen molar-refractivity contribution in [2.45, 2.75) is 19.0 Å². The second kappa shape index (κ2) is 11.7. The molecule has 34 heavy (non-hydrogen) atoms. The van der Waals surface area contributed by atoms with Gasteiger partial charge in [0.25, 0.3) is 0 Å². The van der Waals surface area contributed by atoms with Gasteiger partial charge in [-0.25, -0.2) is 0 Å². The van der Waals surface area contributed by atoms with Crippen molar-refractivity contribution >= 4 is 17.7 Å². The number of anilines is 2. The summed E-state index contributed by atoms with van der Waals surface area (Å²) >= 11 is 0. The first kappa shape index (κ1) is 25.2. The second-order valence-corrected chi connectivity index (χ2v) is 8.23. The standard InChI is InChI=1S/C25H25F3N2.C3H4O/c1-29-16-19-15-23-20(14-18-6-3-2-4-7-18)8-5-9-24(23)30(17-19)22-12-10-21(11-13-22)25(26,27)28;1-2-3-4/h2-13,19,29H,14-17H2,1H3;2-3H,1H2. The molecule has 3 nitrogen and oxygen atoms in total. The van der Waals surface area contributed by atoms with Gasteiger partial charge in [-0.2, -0.15) is 13.2 Å². The van der Waals surface area contributed by atoms with Crippen LogP contribution in [0.1, 0.15) is 22.3 Å². The number of hydrogen-bond donors (Lipinski definition) is 1. The first-order chi connectivity index (χ1) is 16.4. The van der Waals surface area contributed by atoms with Crippen LogP contribution in [-0.4, -0.2) is 26.4 Å². The summed E-state index contributed by atoms with van der Waals surface area (Å²) in [4.78, 5) is 11.2. The fourth-order valence-electron chi connectivity index (χ4n) is 4.30. The van der Waals surface area contributed by atoms with E-state index in [-0.39, 0.29) is 0 Å². The van der Waals surface area contributed by atoms with E-state index in [4.69, 9.17) is 4.79 Å². The zero-order chi connectivity index (χ0) is 24.6. The van der Waals surface area contributed by atoms with Gasteiger partial charge in [0.2, 0.25) is 0 Å². The molecule has 4 rings (SSSR count). The maximum atomic E-state index is 13.0. The highest BCUT2D eigenvalue weighted by Gasteiger charge is 2.31. The number of hydrogen-bond acceptors (Lipinski definition) is 3. The molecule has 178 valence electrons. The maximum absolute atomic E-state index is 13.0. The first-order valence-electron chi connectivity index (χ1n) is 11.2. The molecule has 0 aromatic heterocycles. The number of carbonyl (C=O) groups is 1. The molecule has 0 spiro atoms. The molecule has 0 bridgehead atoms. The van der Waals surface area contributed by atoms with Crippen LogP contribution in [0.5, 0.6) is 0 Å². The molecule has 1 heterocycles. The average Bonchev–Trinajstić information content (AvgIpc) is 2.84. The largest absolute Gasteiger partial charge is 0.416 e. The quantitative estimate of drug-likeness (QED) is 0.347. The minimum atomic E-state index is -4.32. The molecule has 0 saturated heterocycles. The lowest BCUT2D eigenvalue weighted by molar-refractivity contribution is -0.137. The van der Waals surface area contributed by atoms with Crippen molar-refractivity contribution in [1.29, 1.82) is 0 Å². The lowest BCUT2D eigenvalue weighted by Gasteiger charge is -2.37. The van der Waals surface area contributed by atoms with Gasteiger partial charge in [0.15, 0.2) is 0 Å². The van der Waals surface area contributed by atoms with Crippen LogP contribution >= 0.6 is 0 Å². The number of aldehydes is 1. The van der Waals surface area contributed by atoms with Crippen LogP contribution in [-0.2, 0) is 23.8 Å². The Balaban J connectivity index is 0.000000751. The van der Waals surface area contributed by atoms with E-state index < -0.39 is 11.7 Å². The Bertz CT molecular complexity index is 1070. The van der Waals surface area contributed by atoms with E-state index in [1.54, 1.807) is 12.1 Å². The van der Waals surface area contributed by atoms with Crippen LogP contribution in [0.25, 0.3) is 0 Å². The van der Waals surface area contributed by atoms with Crippen LogP contribution in [0, 0.1) is 5.92 Å². The summed E-state index contributed by atoms with van der Waals surface area (Å²) in [7, 11) is 1.94. The van der Waals surface area contributed by atoms with Crippen LogP contribution in [0.15, 0.2) is 85.5 Å². The Labute approximate surface area is 198 Å². The molecule has 0 aliphatic carbocycles. The van der Waals surface area contributed by atoms with Gasteiger partial charge in [-0.05, 0) is 85.5 Å². The third-order valence-electron chi connectivity index (χ3n) is 5.81. The van der Waals surface area contributed by atoms with Gasteiger partial charge in [-0.15, -0.1) is 0 Å². The van der Waals surface area contributed by atoms with Gasteiger partial charge in [-0.1, -0.05) is 49.0 Å². The summed E-state index contributed by atoms with van der Waals surface area (Å²) in [5.74, 6) is 0.377. The first-order valence-corrected chi connectivity index (χ1v) is 11.2. The Kier molecular flexibility index (Phi) is 8.66. The Morgan fingerprint density at radius 1 is 1.03 bits per heavy atom. The number of rotatable bonds is 6. The van der Waals surface area contributed by atoms with Crippen molar-refractivity contribution in [3.63, 3.8) is 0 Å². The van der Waals surface area contributed by atoms with Crippen LogP contribution < -0.4 is 10.2 Å². The van der Waals surface area contributed by atoms with E-state index in [9.17, 15) is 13.2 Å². The molecule has 0 fully saturated rings. The lowest BCUT2D eigenvalue weighted by atomic mass is 9.86. The smallest absolute Gasteiger partial charge is 0.341 e. The van der Waals surface area contributed by atoms with Gasteiger partial charge in [-0.3, -0.25) is 4.79 Å². The number of carbonyl (C=O) groups excluding carboxylic acids is 1. The van der Waals surface area contributed by atoms with E-state index in [0.29, 0.717) is 12.2 Å². The third kappa shape index (κ3) is 6.35. The molecule has 1 atom stereocenters. The molecule has 0 saturated carbocycles. The van der Waals surface area contributed by atoms with Crippen LogP contribution in [0.3, 0.4) is 0 Å². The minimum Gasteiger partial charge on any atom is -0.341 e. The van der Waals surface area contributed by atoms with Gasteiger partial charge < -0.3 is 10.2 Å². The maximum Gasteiger partial charge on any atom is 0.416 e. The monoisotopic (exact) mass is 466 g/mol. The molecule has 1 N–H and O–H groups in total. The number of halogens is 3. The summed E-state index contributed by atoms with van der Waals surface area (Å²) in [5, 5.41) is 3.26. The average molecular weight is 467 g/mol. The van der Waals surface area contributed by atoms with Crippen molar-refractivity contribution in [3.05, 3.63) is 108 Å². The van der Waals surface area contributed by atoms with Gasteiger partial charge in [0.05, 0.1) is 5.56 Å². The normalized spacial score (nSPS) is 15.1. The molecular formula is C28H29F3N2O. The fourth-order valence-corrected chi connectivity index (χ4v) is 4.30. The summed E-state index contributed by atoms with van der Waals surface area (Å²) in [6.07, 6.45) is -0.691. The van der Waals surface area contributed by atoms with Crippen molar-refractivity contribution in [1.82, 2.24) is 5.32 Å². The van der Waals surface area contributed by atoms with E-state index >= 15 is 0 Å². The molecule has 1 unspecified atom stereocenters. The van der Waals surface area contributed by atoms with Crippen molar-refractivity contribution in [3.8, 4) is 0 Å². The molecule has 0 radical (unpaired) electrons. The fraction of sp³-hybridized carbons (Fsp3) is 0.250. The van der Waals surface area contributed by atoms with Crippen LogP contribution in [0.4, 0.5) is 24.5 Å². The van der Waals surface area contributed by atoms with E-state index in [0.717, 1.165) is 37.3 Å². The molecule has 3 aromatic carbocycles. The zero-order valence-electron chi connectivity index (χ0n) is 19.2. The summed E-state index contributed by atoms with van der Waals surface area (Å²) in [5.41, 5.74) is 5.08. The third-order valence-corrected chi connectivity index (χ3v) is 5.81. The predicted molar refractivity (Wildman–Crippen MR) is 132 cm³/mol.